The van der Waals surface area contributed by atoms with Crippen molar-refractivity contribution < 1.29 is 14.6 Å². The lowest BCUT2D eigenvalue weighted by Gasteiger charge is -2.21. The summed E-state index contributed by atoms with van der Waals surface area (Å²) in [5.74, 6) is 0.702. The molecule has 0 aliphatic rings. The van der Waals surface area contributed by atoms with Crippen molar-refractivity contribution in [2.75, 3.05) is 12.0 Å². The molecule has 2 aromatic heterocycles. The van der Waals surface area contributed by atoms with Gasteiger partial charge in [0.2, 0.25) is 0 Å². The third-order valence-electron chi connectivity index (χ3n) is 3.32. The van der Waals surface area contributed by atoms with Crippen molar-refractivity contribution in [1.82, 2.24) is 9.97 Å². The zero-order valence-electron chi connectivity index (χ0n) is 12.5. The maximum Gasteiger partial charge on any atom is 0.412 e. The zero-order valence-corrected chi connectivity index (χ0v) is 13.3. The van der Waals surface area contributed by atoms with Crippen LogP contribution in [0.15, 0.2) is 24.5 Å². The maximum absolute atomic E-state index is 11.6. The van der Waals surface area contributed by atoms with E-state index in [4.69, 9.17) is 16.3 Å². The van der Waals surface area contributed by atoms with E-state index >= 15 is 0 Å². The number of aromatic nitrogens is 2. The molecule has 0 saturated heterocycles. The molecule has 0 atom stereocenters. The molecule has 0 bridgehead atoms. The molecule has 2 heterocycles. The topological polar surface area (TPSA) is 75.5 Å². The lowest BCUT2D eigenvalue weighted by atomic mass is 10.1. The van der Waals surface area contributed by atoms with Crippen molar-refractivity contribution in [2.45, 2.75) is 20.4 Å². The molecule has 0 aromatic carbocycles. The Kier molecular flexibility index (Phi) is 4.82. The largest absolute Gasteiger partial charge is 0.496 e. The third-order valence-corrected chi connectivity index (χ3v) is 3.61. The molecule has 116 valence electrons. The van der Waals surface area contributed by atoms with Crippen LogP contribution in [0.25, 0.3) is 0 Å². The van der Waals surface area contributed by atoms with Crippen molar-refractivity contribution >= 4 is 23.4 Å². The van der Waals surface area contributed by atoms with E-state index < -0.39 is 6.09 Å². The fourth-order valence-electron chi connectivity index (χ4n) is 2.21. The highest BCUT2D eigenvalue weighted by Gasteiger charge is 2.21. The zero-order chi connectivity index (χ0) is 16.3. The second kappa shape index (κ2) is 6.62. The Labute approximate surface area is 133 Å². The first-order valence-electron chi connectivity index (χ1n) is 6.55. The Morgan fingerprint density at radius 2 is 2.14 bits per heavy atom. The first kappa shape index (κ1) is 16.0. The number of carboxylic acid groups (broad SMARTS) is 1. The standard InChI is InChI=1S/C15H16ClN3O3/c1-9-7-18-11(10(2)13(9)22-3)8-19(15(20)21)12-5-4-6-17-14(12)16/h4-7H,8H2,1-3H3,(H,20,21). The van der Waals surface area contributed by atoms with Crippen molar-refractivity contribution in [3.8, 4) is 5.75 Å². The normalized spacial score (nSPS) is 10.4. The predicted octanol–water partition coefficient (Wildman–Crippen LogP) is 3.44. The van der Waals surface area contributed by atoms with Crippen LogP contribution in [0.5, 0.6) is 5.75 Å². The molecule has 0 saturated carbocycles. The van der Waals surface area contributed by atoms with E-state index in [1.165, 1.54) is 6.20 Å². The molecule has 0 spiro atoms. The lowest BCUT2D eigenvalue weighted by molar-refractivity contribution is 0.201. The minimum Gasteiger partial charge on any atom is -0.496 e. The van der Waals surface area contributed by atoms with Gasteiger partial charge >= 0.3 is 6.09 Å². The number of anilines is 1. The number of halogens is 1. The van der Waals surface area contributed by atoms with Gasteiger partial charge in [0.25, 0.3) is 0 Å². The number of rotatable bonds is 4. The van der Waals surface area contributed by atoms with E-state index in [1.54, 1.807) is 25.4 Å². The molecular weight excluding hydrogens is 306 g/mol. The van der Waals surface area contributed by atoms with Gasteiger partial charge in [0.1, 0.15) is 5.75 Å². The van der Waals surface area contributed by atoms with Crippen LogP contribution in [0.4, 0.5) is 10.5 Å². The predicted molar refractivity (Wildman–Crippen MR) is 83.7 cm³/mol. The number of nitrogens with zero attached hydrogens (tertiary/aromatic N) is 3. The minimum absolute atomic E-state index is 0.0587. The number of hydrogen-bond acceptors (Lipinski definition) is 4. The van der Waals surface area contributed by atoms with Gasteiger partial charge in [-0.05, 0) is 26.0 Å². The van der Waals surface area contributed by atoms with Gasteiger partial charge in [-0.1, -0.05) is 11.6 Å². The number of aryl methyl sites for hydroxylation is 1. The molecule has 1 N–H and O–H groups in total. The summed E-state index contributed by atoms with van der Waals surface area (Å²) >= 11 is 5.99. The summed E-state index contributed by atoms with van der Waals surface area (Å²) in [6.07, 6.45) is 2.03. The third kappa shape index (κ3) is 3.12. The molecule has 2 aromatic rings. The van der Waals surface area contributed by atoms with Gasteiger partial charge in [0.15, 0.2) is 5.15 Å². The van der Waals surface area contributed by atoms with Crippen LogP contribution in [0.1, 0.15) is 16.8 Å². The van der Waals surface area contributed by atoms with Gasteiger partial charge < -0.3 is 9.84 Å². The van der Waals surface area contributed by atoms with Crippen molar-refractivity contribution in [3.05, 3.63) is 46.5 Å². The van der Waals surface area contributed by atoms with Crippen LogP contribution >= 0.6 is 11.6 Å². The number of pyridine rings is 2. The number of carbonyl (C=O) groups is 1. The highest BCUT2D eigenvalue weighted by atomic mass is 35.5. The Balaban J connectivity index is 2.42. The summed E-state index contributed by atoms with van der Waals surface area (Å²) in [7, 11) is 1.58. The second-order valence-corrected chi connectivity index (χ2v) is 5.09. The SMILES string of the molecule is COc1c(C)cnc(CN(C(=O)O)c2cccnc2Cl)c1C. The van der Waals surface area contributed by atoms with Crippen LogP contribution in [0, 0.1) is 13.8 Å². The van der Waals surface area contributed by atoms with Crippen molar-refractivity contribution in [2.24, 2.45) is 0 Å². The summed E-state index contributed by atoms with van der Waals surface area (Å²) in [5, 5.41) is 9.59. The summed E-state index contributed by atoms with van der Waals surface area (Å²) in [5.41, 5.74) is 2.61. The molecule has 22 heavy (non-hydrogen) atoms. The molecule has 6 nitrogen and oxygen atoms in total. The Morgan fingerprint density at radius 3 is 2.73 bits per heavy atom. The fourth-order valence-corrected chi connectivity index (χ4v) is 2.44. The highest BCUT2D eigenvalue weighted by molar-refractivity contribution is 6.32. The van der Waals surface area contributed by atoms with Gasteiger partial charge in [-0.15, -0.1) is 0 Å². The monoisotopic (exact) mass is 321 g/mol. The van der Waals surface area contributed by atoms with Crippen molar-refractivity contribution in [1.29, 1.82) is 0 Å². The van der Waals surface area contributed by atoms with Gasteiger partial charge in [-0.25, -0.2) is 9.78 Å². The van der Waals surface area contributed by atoms with Crippen LogP contribution < -0.4 is 9.64 Å². The first-order chi connectivity index (χ1) is 10.5. The van der Waals surface area contributed by atoms with Gasteiger partial charge in [0, 0.05) is 23.5 Å². The van der Waals surface area contributed by atoms with Gasteiger partial charge in [0.05, 0.1) is 25.0 Å². The average molecular weight is 322 g/mol. The van der Waals surface area contributed by atoms with Crippen LogP contribution in [0.3, 0.4) is 0 Å². The number of hydrogen-bond donors (Lipinski definition) is 1. The molecule has 0 unspecified atom stereocenters. The van der Waals surface area contributed by atoms with Crippen LogP contribution in [0.2, 0.25) is 5.15 Å². The fraction of sp³-hybridized carbons (Fsp3) is 0.267. The summed E-state index contributed by atoms with van der Waals surface area (Å²) < 4.78 is 5.34. The Hall–Kier alpha value is -2.34. The van der Waals surface area contributed by atoms with Gasteiger partial charge in [-0.2, -0.15) is 0 Å². The van der Waals surface area contributed by atoms with Crippen LogP contribution in [-0.2, 0) is 6.54 Å². The van der Waals surface area contributed by atoms with E-state index in [0.29, 0.717) is 17.1 Å². The average Bonchev–Trinajstić information content (AvgIpc) is 2.48. The van der Waals surface area contributed by atoms with Crippen LogP contribution in [-0.4, -0.2) is 28.3 Å². The quantitative estimate of drug-likeness (QED) is 0.873. The molecule has 2 rings (SSSR count). The van der Waals surface area contributed by atoms with Crippen molar-refractivity contribution in [3.63, 3.8) is 0 Å². The molecule has 1 amide bonds. The van der Waals surface area contributed by atoms with E-state index in [9.17, 15) is 9.90 Å². The Morgan fingerprint density at radius 1 is 1.41 bits per heavy atom. The molecular formula is C15H16ClN3O3. The number of amides is 1. The first-order valence-corrected chi connectivity index (χ1v) is 6.93. The summed E-state index contributed by atoms with van der Waals surface area (Å²) in [4.78, 5) is 20.9. The molecule has 7 heteroatoms. The highest BCUT2D eigenvalue weighted by Crippen LogP contribution is 2.28. The second-order valence-electron chi connectivity index (χ2n) is 4.73. The molecule has 0 aliphatic heterocycles. The summed E-state index contributed by atoms with van der Waals surface area (Å²) in [6, 6.07) is 3.23. The van der Waals surface area contributed by atoms with E-state index in [2.05, 4.69) is 9.97 Å². The number of methoxy groups -OCH3 is 1. The molecule has 0 aliphatic carbocycles. The van der Waals surface area contributed by atoms with Gasteiger partial charge in [-0.3, -0.25) is 9.88 Å². The minimum atomic E-state index is -1.13. The maximum atomic E-state index is 11.6. The number of ether oxygens (including phenoxy) is 1. The van der Waals surface area contributed by atoms with E-state index in [1.807, 2.05) is 13.8 Å². The summed E-state index contributed by atoms with van der Waals surface area (Å²) in [6.45, 7) is 3.79. The molecule has 0 fully saturated rings. The Bertz CT molecular complexity index is 706. The van der Waals surface area contributed by atoms with E-state index in [-0.39, 0.29) is 11.7 Å². The lowest BCUT2D eigenvalue weighted by Crippen LogP contribution is -2.30. The van der Waals surface area contributed by atoms with E-state index in [0.717, 1.165) is 16.0 Å². The smallest absolute Gasteiger partial charge is 0.412 e. The molecule has 0 radical (unpaired) electrons.